The van der Waals surface area contributed by atoms with Gasteiger partial charge in [0.15, 0.2) is 5.82 Å². The van der Waals surface area contributed by atoms with Crippen molar-refractivity contribution in [3.8, 4) is 5.69 Å². The molecule has 1 unspecified atom stereocenters. The maximum absolute atomic E-state index is 14.0. The molecule has 1 N–H and O–H groups in total. The zero-order valence-electron chi connectivity index (χ0n) is 11.1. The molecule has 100 valence electrons. The first-order valence-corrected chi connectivity index (χ1v) is 6.50. The second-order valence-corrected chi connectivity index (χ2v) is 5.53. The summed E-state index contributed by atoms with van der Waals surface area (Å²) < 4.78 is 15.5. The molecule has 1 aromatic carbocycles. The summed E-state index contributed by atoms with van der Waals surface area (Å²) in [6.45, 7) is 4.40. The molecule has 1 saturated carbocycles. The maximum Gasteiger partial charge on any atom is 0.150 e. The van der Waals surface area contributed by atoms with Crippen LogP contribution in [0, 0.1) is 11.2 Å². The van der Waals surface area contributed by atoms with Gasteiger partial charge in [0.25, 0.3) is 0 Å². The second kappa shape index (κ2) is 4.33. The fourth-order valence-corrected chi connectivity index (χ4v) is 2.17. The zero-order valence-corrected chi connectivity index (χ0v) is 11.1. The predicted molar refractivity (Wildman–Crippen MR) is 71.7 cm³/mol. The summed E-state index contributed by atoms with van der Waals surface area (Å²) in [4.78, 5) is 3.82. The number of aromatic nitrogens is 3. The molecular weight excluding hydrogens is 243 g/mol. The Balaban J connectivity index is 1.80. The molecule has 19 heavy (non-hydrogen) atoms. The van der Waals surface area contributed by atoms with Crippen molar-refractivity contribution in [1.29, 1.82) is 0 Å². The molecule has 2 aromatic rings. The van der Waals surface area contributed by atoms with Crippen molar-refractivity contribution in [2.75, 3.05) is 5.32 Å². The van der Waals surface area contributed by atoms with Crippen LogP contribution in [0.4, 0.5) is 10.1 Å². The van der Waals surface area contributed by atoms with E-state index in [9.17, 15) is 4.39 Å². The van der Waals surface area contributed by atoms with E-state index < -0.39 is 0 Å². The molecule has 0 spiro atoms. The lowest BCUT2D eigenvalue weighted by molar-refractivity contribution is 0.493. The van der Waals surface area contributed by atoms with Crippen molar-refractivity contribution in [1.82, 2.24) is 14.8 Å². The summed E-state index contributed by atoms with van der Waals surface area (Å²) >= 11 is 0. The molecule has 3 rings (SSSR count). The highest BCUT2D eigenvalue weighted by molar-refractivity contribution is 5.50. The first kappa shape index (κ1) is 12.1. The molecule has 1 aromatic heterocycles. The quantitative estimate of drug-likeness (QED) is 0.919. The van der Waals surface area contributed by atoms with E-state index in [0.717, 1.165) is 5.69 Å². The van der Waals surface area contributed by atoms with Gasteiger partial charge >= 0.3 is 0 Å². The number of hydrogen-bond acceptors (Lipinski definition) is 3. The molecule has 1 aliphatic carbocycles. The summed E-state index contributed by atoms with van der Waals surface area (Å²) in [5, 5.41) is 7.30. The van der Waals surface area contributed by atoms with Crippen LogP contribution in [0.15, 0.2) is 30.9 Å². The number of hydrogen-bond donors (Lipinski definition) is 1. The number of nitrogens with zero attached hydrogens (tertiary/aromatic N) is 3. The first-order chi connectivity index (χ1) is 9.08. The third kappa shape index (κ3) is 2.32. The van der Waals surface area contributed by atoms with Gasteiger partial charge in [-0.25, -0.2) is 14.1 Å². The van der Waals surface area contributed by atoms with Crippen molar-refractivity contribution >= 4 is 5.69 Å². The molecule has 5 heteroatoms. The monoisotopic (exact) mass is 260 g/mol. The van der Waals surface area contributed by atoms with Crippen molar-refractivity contribution in [2.24, 2.45) is 5.41 Å². The smallest absolute Gasteiger partial charge is 0.150 e. The van der Waals surface area contributed by atoms with Crippen LogP contribution in [0.2, 0.25) is 0 Å². The Labute approximate surface area is 111 Å². The lowest BCUT2D eigenvalue weighted by Crippen LogP contribution is -2.24. The summed E-state index contributed by atoms with van der Waals surface area (Å²) in [5.41, 5.74) is 1.58. The SMILES string of the molecule is CC(Nc1ccc(-n2cncn2)c(F)c1)C1(C)CC1. The Morgan fingerprint density at radius 2 is 2.21 bits per heavy atom. The fourth-order valence-electron chi connectivity index (χ4n) is 2.17. The molecule has 1 atom stereocenters. The molecule has 0 amide bonds. The van der Waals surface area contributed by atoms with E-state index >= 15 is 0 Å². The average molecular weight is 260 g/mol. The standard InChI is InChI=1S/C14H17FN4/c1-10(14(2)5-6-14)18-11-3-4-13(12(15)7-11)19-9-16-8-17-19/h3-4,7-10,18H,5-6H2,1-2H3. The lowest BCUT2D eigenvalue weighted by atomic mass is 10.0. The highest BCUT2D eigenvalue weighted by atomic mass is 19.1. The molecule has 0 aliphatic heterocycles. The topological polar surface area (TPSA) is 42.7 Å². The highest BCUT2D eigenvalue weighted by Gasteiger charge is 2.42. The first-order valence-electron chi connectivity index (χ1n) is 6.50. The molecular formula is C14H17FN4. The maximum atomic E-state index is 14.0. The van der Waals surface area contributed by atoms with Crippen LogP contribution in [0.1, 0.15) is 26.7 Å². The van der Waals surface area contributed by atoms with Gasteiger partial charge in [0.1, 0.15) is 18.3 Å². The van der Waals surface area contributed by atoms with E-state index in [1.54, 1.807) is 6.07 Å². The summed E-state index contributed by atoms with van der Waals surface area (Å²) in [7, 11) is 0. The van der Waals surface area contributed by atoms with E-state index in [0.29, 0.717) is 17.1 Å². The Bertz CT molecular complexity index is 575. The Morgan fingerprint density at radius 1 is 1.42 bits per heavy atom. The van der Waals surface area contributed by atoms with E-state index in [2.05, 4.69) is 29.2 Å². The van der Waals surface area contributed by atoms with Crippen molar-refractivity contribution in [2.45, 2.75) is 32.7 Å². The van der Waals surface area contributed by atoms with E-state index in [-0.39, 0.29) is 5.82 Å². The minimum absolute atomic E-state index is 0.302. The van der Waals surface area contributed by atoms with Crippen LogP contribution >= 0.6 is 0 Å². The van der Waals surface area contributed by atoms with Crippen LogP contribution in [-0.4, -0.2) is 20.8 Å². The van der Waals surface area contributed by atoms with Gasteiger partial charge in [-0.15, -0.1) is 0 Å². The molecule has 4 nitrogen and oxygen atoms in total. The van der Waals surface area contributed by atoms with Gasteiger partial charge in [0.05, 0.1) is 0 Å². The predicted octanol–water partition coefficient (Wildman–Crippen LogP) is 3.01. The van der Waals surface area contributed by atoms with Gasteiger partial charge in [0.2, 0.25) is 0 Å². The lowest BCUT2D eigenvalue weighted by Gasteiger charge is -2.21. The molecule has 0 saturated heterocycles. The molecule has 1 aliphatic rings. The number of anilines is 1. The summed E-state index contributed by atoms with van der Waals surface area (Å²) in [6, 6.07) is 5.46. The van der Waals surface area contributed by atoms with Crippen LogP contribution in [-0.2, 0) is 0 Å². The number of benzene rings is 1. The summed E-state index contributed by atoms with van der Waals surface area (Å²) in [6.07, 6.45) is 5.35. The van der Waals surface area contributed by atoms with Crippen molar-refractivity contribution in [3.05, 3.63) is 36.7 Å². The Morgan fingerprint density at radius 3 is 2.79 bits per heavy atom. The van der Waals surface area contributed by atoms with E-state index in [4.69, 9.17) is 0 Å². The second-order valence-electron chi connectivity index (χ2n) is 5.53. The van der Waals surface area contributed by atoms with Crippen molar-refractivity contribution in [3.63, 3.8) is 0 Å². The normalized spacial score (nSPS) is 18.1. The number of halogens is 1. The Kier molecular flexibility index (Phi) is 2.77. The summed E-state index contributed by atoms with van der Waals surface area (Å²) in [5.74, 6) is -0.302. The number of nitrogens with one attached hydrogen (secondary N) is 1. The molecule has 0 radical (unpaired) electrons. The average Bonchev–Trinajstić information content (AvgIpc) is 2.92. The van der Waals surface area contributed by atoms with Crippen LogP contribution in [0.3, 0.4) is 0 Å². The van der Waals surface area contributed by atoms with Gasteiger partial charge in [0, 0.05) is 11.7 Å². The van der Waals surface area contributed by atoms with Crippen molar-refractivity contribution < 1.29 is 4.39 Å². The third-order valence-corrected chi connectivity index (χ3v) is 4.08. The highest BCUT2D eigenvalue weighted by Crippen LogP contribution is 2.48. The third-order valence-electron chi connectivity index (χ3n) is 4.08. The van der Waals surface area contributed by atoms with E-state index in [1.165, 1.54) is 36.2 Å². The number of rotatable bonds is 4. The molecule has 1 fully saturated rings. The zero-order chi connectivity index (χ0) is 13.5. The van der Waals surface area contributed by atoms with Gasteiger partial charge in [-0.2, -0.15) is 5.10 Å². The Hall–Kier alpha value is -1.91. The van der Waals surface area contributed by atoms with Gasteiger partial charge in [-0.05, 0) is 43.4 Å². The van der Waals surface area contributed by atoms with Gasteiger partial charge in [-0.1, -0.05) is 6.92 Å². The molecule has 0 bridgehead atoms. The minimum atomic E-state index is -0.302. The van der Waals surface area contributed by atoms with E-state index in [1.807, 2.05) is 6.07 Å². The fraction of sp³-hybridized carbons (Fsp3) is 0.429. The van der Waals surface area contributed by atoms with Crippen LogP contribution in [0.25, 0.3) is 5.69 Å². The van der Waals surface area contributed by atoms with Gasteiger partial charge in [-0.3, -0.25) is 0 Å². The minimum Gasteiger partial charge on any atom is -0.382 e. The van der Waals surface area contributed by atoms with Crippen LogP contribution in [0.5, 0.6) is 0 Å². The van der Waals surface area contributed by atoms with Crippen LogP contribution < -0.4 is 5.32 Å². The van der Waals surface area contributed by atoms with Gasteiger partial charge < -0.3 is 5.32 Å². The molecule has 1 heterocycles. The largest absolute Gasteiger partial charge is 0.382 e.